The summed E-state index contributed by atoms with van der Waals surface area (Å²) in [4.78, 5) is 25.3. The van der Waals surface area contributed by atoms with Crippen molar-refractivity contribution in [3.63, 3.8) is 0 Å². The average molecular weight is 974 g/mol. The first kappa shape index (κ1) is 57.4. The topological polar surface area (TPSA) is 195 Å². The number of carbonyl (C=O) groups excluding carboxylic acids is 2. The fourth-order valence-corrected chi connectivity index (χ4v) is 12.2. The van der Waals surface area contributed by atoms with Crippen LogP contribution < -0.4 is 43.4 Å². The van der Waals surface area contributed by atoms with Gasteiger partial charge in [0, 0.05) is 96.4 Å². The monoisotopic (exact) mass is 972 g/mol. The smallest absolute Gasteiger partial charge is 0.237 e. The van der Waals surface area contributed by atoms with Crippen molar-refractivity contribution in [3.8, 4) is 0 Å². The van der Waals surface area contributed by atoms with E-state index in [1.807, 2.05) is 43.2 Å². The number of hydrogen-bond donors (Lipinski definition) is 12. The maximum Gasteiger partial charge on any atom is 0.237 e. The summed E-state index contributed by atoms with van der Waals surface area (Å²) in [7, 11) is 7.67. The maximum absolute atomic E-state index is 12.7. The second-order valence-electron chi connectivity index (χ2n) is 13.6. The van der Waals surface area contributed by atoms with Crippen LogP contribution in [0.2, 0.25) is 0 Å². The predicted molar refractivity (Wildman–Crippen MR) is 265 cm³/mol. The first-order chi connectivity index (χ1) is 28.4. The molecule has 2 atom stereocenters. The molecule has 14 nitrogen and oxygen atoms in total. The van der Waals surface area contributed by atoms with Crippen LogP contribution in [0.4, 0.5) is 0 Å². The van der Waals surface area contributed by atoms with Crippen LogP contribution in [-0.4, -0.2) is 186 Å². The molecule has 2 unspecified atom stereocenters. The second kappa shape index (κ2) is 42.3. The van der Waals surface area contributed by atoms with E-state index in [-0.39, 0.29) is 29.9 Å². The van der Waals surface area contributed by atoms with E-state index >= 15 is 0 Å². The molecule has 2 aliphatic rings. The van der Waals surface area contributed by atoms with E-state index in [4.69, 9.17) is 30.4 Å². The Labute approximate surface area is 387 Å². The highest BCUT2D eigenvalue weighted by atomic mass is 33.1. The highest BCUT2D eigenvalue weighted by molar-refractivity contribution is 8.77. The van der Waals surface area contributed by atoms with Gasteiger partial charge in [-0.15, -0.1) is 0 Å². The van der Waals surface area contributed by atoms with Gasteiger partial charge in [-0.3, -0.25) is 9.59 Å². The number of nitrogens with one attached hydrogen (secondary N) is 6. The van der Waals surface area contributed by atoms with Crippen LogP contribution in [0, 0.1) is 0 Å². The summed E-state index contributed by atoms with van der Waals surface area (Å²) in [6.07, 6.45) is 5.71. The molecule has 2 aliphatic heterocycles. The molecule has 58 heavy (non-hydrogen) atoms. The molecule has 0 spiro atoms. The molecule has 2 fully saturated rings. The lowest BCUT2D eigenvalue weighted by Crippen LogP contribution is -2.50. The minimum absolute atomic E-state index is 0.0156. The Bertz CT molecular complexity index is 903. The van der Waals surface area contributed by atoms with Crippen LogP contribution in [0.15, 0.2) is 0 Å². The second-order valence-corrected chi connectivity index (χ2v) is 20.2. The Morgan fingerprint density at radius 1 is 0.552 bits per heavy atom. The standard InChI is InChI=1S/C18H36N4O3S4.C18H40N4O3S4/c19-4-7-24-9-10-25-8-6-21-18(23)17(22-16-13-28-29-14-16)3-1-2-5-20-15-11-26-27-12-15;19-4-7-24-9-10-25-8-6-21-18(23)17(22-16(13-28)14-29)3-1-2-5-20-15(11-26)12-27/h15-17,20,22H,1-14,19H2,(H,21,23);15-17,20,22,26-29H,1-14,19H2,(H,21,23). The number of hydrogen-bond acceptors (Lipinski definition) is 20. The number of carbonyl (C=O) groups is 2. The SMILES string of the molecule is NCCOCCOCCNC(=O)C(CCCCNC(CS)CS)NC(CS)CS.NCCOCCOCCNC(=O)C(CCCCNC1CSSC1)NC1CSSC1. The number of rotatable bonds is 38. The molecule has 0 aromatic carbocycles. The molecule has 2 amide bonds. The number of unbranched alkanes of at least 4 members (excludes halogenated alkanes) is 2. The van der Waals surface area contributed by atoms with Gasteiger partial charge < -0.3 is 62.3 Å². The van der Waals surface area contributed by atoms with Crippen LogP contribution in [0.3, 0.4) is 0 Å². The summed E-state index contributed by atoms with van der Waals surface area (Å²) in [6, 6.07) is 1.09. The Balaban J connectivity index is 0.000000580. The summed E-state index contributed by atoms with van der Waals surface area (Å²) in [5, 5.41) is 19.9. The zero-order valence-corrected chi connectivity index (χ0v) is 41.1. The predicted octanol–water partition coefficient (Wildman–Crippen LogP) is 1.61. The zero-order chi connectivity index (χ0) is 42.3. The third kappa shape index (κ3) is 32.1. The lowest BCUT2D eigenvalue weighted by molar-refractivity contribution is -0.124. The van der Waals surface area contributed by atoms with Crippen molar-refractivity contribution in [2.24, 2.45) is 11.5 Å². The molecule has 2 heterocycles. The molecule has 0 aliphatic carbocycles. The third-order valence-corrected chi connectivity index (χ3v) is 15.6. The first-order valence-corrected chi connectivity index (χ1v) is 28.1. The molecule has 2 rings (SSSR count). The van der Waals surface area contributed by atoms with Crippen molar-refractivity contribution < 1.29 is 28.5 Å². The number of ether oxygens (including phenoxy) is 4. The van der Waals surface area contributed by atoms with Crippen molar-refractivity contribution in [1.29, 1.82) is 0 Å². The van der Waals surface area contributed by atoms with E-state index in [0.717, 1.165) is 74.6 Å². The van der Waals surface area contributed by atoms with Gasteiger partial charge in [0.15, 0.2) is 0 Å². The van der Waals surface area contributed by atoms with E-state index in [0.29, 0.717) is 109 Å². The lowest BCUT2D eigenvalue weighted by Gasteiger charge is -2.23. The summed E-state index contributed by atoms with van der Waals surface area (Å²) >= 11 is 17.3. The van der Waals surface area contributed by atoms with Crippen LogP contribution in [-0.2, 0) is 28.5 Å². The number of amides is 2. The van der Waals surface area contributed by atoms with Crippen molar-refractivity contribution in [2.75, 3.05) is 138 Å². The Hall–Kier alpha value is 1.34. The van der Waals surface area contributed by atoms with Gasteiger partial charge in [-0.05, 0) is 38.8 Å². The van der Waals surface area contributed by atoms with Gasteiger partial charge in [0.2, 0.25) is 11.8 Å². The molecule has 2 saturated heterocycles. The minimum Gasteiger partial charge on any atom is -0.378 e. The quantitative estimate of drug-likeness (QED) is 0.0242. The molecule has 344 valence electrons. The third-order valence-electron chi connectivity index (χ3n) is 8.70. The summed E-state index contributed by atoms with van der Waals surface area (Å²) < 4.78 is 21.4. The first-order valence-electron chi connectivity index (χ1n) is 20.6. The molecule has 0 bridgehead atoms. The van der Waals surface area contributed by atoms with E-state index in [1.165, 1.54) is 11.5 Å². The highest BCUT2D eigenvalue weighted by Gasteiger charge is 2.25. The van der Waals surface area contributed by atoms with Gasteiger partial charge in [-0.2, -0.15) is 50.5 Å². The Morgan fingerprint density at radius 2 is 1.00 bits per heavy atom. The van der Waals surface area contributed by atoms with Gasteiger partial charge in [0.05, 0.1) is 64.9 Å². The van der Waals surface area contributed by atoms with Crippen LogP contribution >= 0.6 is 93.7 Å². The molecular formula is C36H76N8O6S8. The molecule has 0 saturated carbocycles. The van der Waals surface area contributed by atoms with Crippen molar-refractivity contribution in [1.82, 2.24) is 31.9 Å². The van der Waals surface area contributed by atoms with Crippen molar-refractivity contribution in [3.05, 3.63) is 0 Å². The highest BCUT2D eigenvalue weighted by Crippen LogP contribution is 2.31. The van der Waals surface area contributed by atoms with Crippen LogP contribution in [0.1, 0.15) is 38.5 Å². The zero-order valence-electron chi connectivity index (χ0n) is 34.3. The van der Waals surface area contributed by atoms with E-state index in [1.54, 1.807) is 0 Å². The van der Waals surface area contributed by atoms with Crippen LogP contribution in [0.5, 0.6) is 0 Å². The summed E-state index contributed by atoms with van der Waals surface area (Å²) in [5.41, 5.74) is 10.7. The van der Waals surface area contributed by atoms with Gasteiger partial charge in [-0.25, -0.2) is 0 Å². The van der Waals surface area contributed by atoms with E-state index in [9.17, 15) is 9.59 Å². The van der Waals surface area contributed by atoms with Crippen molar-refractivity contribution >= 4 is 106 Å². The number of nitrogens with two attached hydrogens (primary N) is 2. The molecule has 22 heteroatoms. The summed E-state index contributed by atoms with van der Waals surface area (Å²) in [6.45, 7) is 8.06. The van der Waals surface area contributed by atoms with E-state index in [2.05, 4.69) is 82.4 Å². The van der Waals surface area contributed by atoms with Gasteiger partial charge in [0.1, 0.15) is 0 Å². The molecular weight excluding hydrogens is 897 g/mol. The number of thiol groups is 4. The lowest BCUT2D eigenvalue weighted by atomic mass is 10.1. The maximum atomic E-state index is 12.7. The molecule has 0 aromatic heterocycles. The van der Waals surface area contributed by atoms with Crippen molar-refractivity contribution in [2.45, 2.75) is 74.8 Å². The van der Waals surface area contributed by atoms with Gasteiger partial charge in [0.25, 0.3) is 0 Å². The summed E-state index contributed by atoms with van der Waals surface area (Å²) in [5.74, 6) is 7.41. The van der Waals surface area contributed by atoms with Gasteiger partial charge in [-0.1, -0.05) is 56.0 Å². The Kier molecular flexibility index (Phi) is 41.8. The average Bonchev–Trinajstić information content (AvgIpc) is 3.97. The molecule has 10 N–H and O–H groups in total. The Morgan fingerprint density at radius 3 is 1.50 bits per heavy atom. The largest absolute Gasteiger partial charge is 0.378 e. The fraction of sp³-hybridized carbons (Fsp3) is 0.944. The van der Waals surface area contributed by atoms with E-state index < -0.39 is 0 Å². The minimum atomic E-state index is -0.266. The fourth-order valence-electron chi connectivity index (χ4n) is 5.44. The molecule has 0 radical (unpaired) electrons. The van der Waals surface area contributed by atoms with Crippen LogP contribution in [0.25, 0.3) is 0 Å². The van der Waals surface area contributed by atoms with Gasteiger partial charge >= 0.3 is 0 Å². The molecule has 0 aromatic rings. The normalized spacial score (nSPS) is 15.9.